The zero-order chi connectivity index (χ0) is 8.77. The quantitative estimate of drug-likeness (QED) is 0.591. The minimum absolute atomic E-state index is 0.426. The molecule has 0 bridgehead atoms. The molecule has 1 aliphatic rings. The number of pyridine rings is 1. The number of aromatic nitrogens is 1. The van der Waals surface area contributed by atoms with E-state index >= 15 is 0 Å². The molecular weight excluding hydrogens is 157 g/mol. The van der Waals surface area contributed by atoms with Crippen LogP contribution in [0.5, 0.6) is 5.88 Å². The van der Waals surface area contributed by atoms with Gasteiger partial charge in [-0.15, -0.1) is 0 Å². The van der Waals surface area contributed by atoms with Gasteiger partial charge in [-0.05, 0) is 26.0 Å². The molecule has 3 heteroatoms. The van der Waals surface area contributed by atoms with Gasteiger partial charge >= 0.3 is 0 Å². The standard InChI is InChI=1S/C9H10FNO/c1-9(2)7(10)6-4-3-5-11-8(6)12-9/h3-5,7H,1-2H3. The van der Waals surface area contributed by atoms with Crippen LogP contribution in [0.4, 0.5) is 4.39 Å². The van der Waals surface area contributed by atoms with Crippen LogP contribution in [0.3, 0.4) is 0 Å². The zero-order valence-electron chi connectivity index (χ0n) is 7.04. The number of hydrogen-bond acceptors (Lipinski definition) is 2. The van der Waals surface area contributed by atoms with Gasteiger partial charge < -0.3 is 4.74 Å². The highest BCUT2D eigenvalue weighted by Gasteiger charge is 2.42. The fraction of sp³-hybridized carbons (Fsp3) is 0.444. The Hall–Kier alpha value is -1.12. The largest absolute Gasteiger partial charge is 0.468 e. The van der Waals surface area contributed by atoms with Gasteiger partial charge in [-0.2, -0.15) is 0 Å². The predicted molar refractivity (Wildman–Crippen MR) is 42.8 cm³/mol. The van der Waals surface area contributed by atoms with Gasteiger partial charge in [0.15, 0.2) is 6.17 Å². The summed E-state index contributed by atoms with van der Waals surface area (Å²) in [7, 11) is 0. The maximum atomic E-state index is 13.5. The maximum Gasteiger partial charge on any atom is 0.220 e. The highest BCUT2D eigenvalue weighted by atomic mass is 19.1. The lowest BCUT2D eigenvalue weighted by Gasteiger charge is -2.19. The molecule has 0 saturated heterocycles. The van der Waals surface area contributed by atoms with Crippen LogP contribution in [0, 0.1) is 0 Å². The van der Waals surface area contributed by atoms with E-state index in [1.165, 1.54) is 0 Å². The second-order valence-electron chi connectivity index (χ2n) is 3.47. The first-order valence-electron chi connectivity index (χ1n) is 3.89. The second kappa shape index (κ2) is 2.19. The molecule has 0 N–H and O–H groups in total. The molecule has 12 heavy (non-hydrogen) atoms. The van der Waals surface area contributed by atoms with Gasteiger partial charge in [0.05, 0.1) is 5.56 Å². The van der Waals surface area contributed by atoms with E-state index < -0.39 is 11.8 Å². The van der Waals surface area contributed by atoms with Crippen molar-refractivity contribution in [2.45, 2.75) is 25.6 Å². The van der Waals surface area contributed by atoms with Crippen molar-refractivity contribution in [3.05, 3.63) is 23.9 Å². The van der Waals surface area contributed by atoms with Gasteiger partial charge in [0, 0.05) is 6.20 Å². The molecule has 0 amide bonds. The summed E-state index contributed by atoms with van der Waals surface area (Å²) >= 11 is 0. The normalized spacial score (nSPS) is 24.8. The summed E-state index contributed by atoms with van der Waals surface area (Å²) < 4.78 is 18.8. The topological polar surface area (TPSA) is 22.1 Å². The summed E-state index contributed by atoms with van der Waals surface area (Å²) in [5, 5.41) is 0. The average molecular weight is 167 g/mol. The van der Waals surface area contributed by atoms with Gasteiger partial charge in [-0.3, -0.25) is 0 Å². The van der Waals surface area contributed by atoms with E-state index in [2.05, 4.69) is 4.98 Å². The van der Waals surface area contributed by atoms with Crippen LogP contribution in [0.1, 0.15) is 25.6 Å². The first-order chi connectivity index (χ1) is 5.61. The van der Waals surface area contributed by atoms with Gasteiger partial charge in [-0.1, -0.05) is 0 Å². The lowest BCUT2D eigenvalue weighted by molar-refractivity contribution is 0.0504. The number of hydrogen-bond donors (Lipinski definition) is 0. The molecule has 1 aromatic heterocycles. The van der Waals surface area contributed by atoms with Crippen LogP contribution in [0.15, 0.2) is 18.3 Å². The Labute approximate surface area is 70.4 Å². The highest BCUT2D eigenvalue weighted by Crippen LogP contribution is 2.43. The van der Waals surface area contributed by atoms with Gasteiger partial charge in [0.2, 0.25) is 5.88 Å². The lowest BCUT2D eigenvalue weighted by Crippen LogP contribution is -2.27. The van der Waals surface area contributed by atoms with Crippen molar-refractivity contribution in [1.29, 1.82) is 0 Å². The Balaban J connectivity index is 2.49. The second-order valence-corrected chi connectivity index (χ2v) is 3.47. The van der Waals surface area contributed by atoms with Crippen LogP contribution < -0.4 is 4.74 Å². The molecule has 2 rings (SSSR count). The summed E-state index contributed by atoms with van der Waals surface area (Å²) in [6.07, 6.45) is 0.536. The van der Waals surface area contributed by atoms with Crippen molar-refractivity contribution >= 4 is 0 Å². The van der Waals surface area contributed by atoms with Crippen molar-refractivity contribution in [2.75, 3.05) is 0 Å². The molecule has 1 aliphatic heterocycles. The molecular formula is C9H10FNO. The third kappa shape index (κ3) is 0.891. The minimum atomic E-state index is -1.07. The van der Waals surface area contributed by atoms with Gasteiger partial charge in [0.1, 0.15) is 5.60 Å². The predicted octanol–water partition coefficient (Wildman–Crippen LogP) is 2.26. The SMILES string of the molecule is CC1(C)Oc2ncccc2C1F. The van der Waals surface area contributed by atoms with Crippen molar-refractivity contribution in [2.24, 2.45) is 0 Å². The average Bonchev–Trinajstić information content (AvgIpc) is 2.24. The highest BCUT2D eigenvalue weighted by molar-refractivity contribution is 5.34. The van der Waals surface area contributed by atoms with E-state index in [-0.39, 0.29) is 0 Å². The first-order valence-corrected chi connectivity index (χ1v) is 3.89. The van der Waals surface area contributed by atoms with Crippen LogP contribution >= 0.6 is 0 Å². The van der Waals surface area contributed by atoms with Gasteiger partial charge in [-0.25, -0.2) is 9.37 Å². The number of alkyl halides is 1. The molecule has 0 aliphatic carbocycles. The fourth-order valence-corrected chi connectivity index (χ4v) is 1.36. The Bertz CT molecular complexity index is 311. The number of rotatable bonds is 0. The monoisotopic (exact) mass is 167 g/mol. The first kappa shape index (κ1) is 7.53. The molecule has 0 aromatic carbocycles. The number of nitrogens with zero attached hydrogens (tertiary/aromatic N) is 1. The summed E-state index contributed by atoms with van der Waals surface area (Å²) in [6.45, 7) is 3.44. The molecule has 1 atom stereocenters. The van der Waals surface area contributed by atoms with E-state index in [0.29, 0.717) is 11.4 Å². The Morgan fingerprint density at radius 1 is 1.58 bits per heavy atom. The number of ether oxygens (including phenoxy) is 1. The van der Waals surface area contributed by atoms with E-state index in [0.717, 1.165) is 0 Å². The molecule has 2 heterocycles. The summed E-state index contributed by atoms with van der Waals surface area (Å²) in [5.74, 6) is 0.426. The lowest BCUT2D eigenvalue weighted by atomic mass is 10.0. The van der Waals surface area contributed by atoms with Crippen molar-refractivity contribution < 1.29 is 9.13 Å². The molecule has 0 spiro atoms. The van der Waals surface area contributed by atoms with Crippen molar-refractivity contribution in [3.8, 4) is 5.88 Å². The van der Waals surface area contributed by atoms with E-state index in [1.54, 1.807) is 32.2 Å². The number of fused-ring (bicyclic) bond motifs is 1. The van der Waals surface area contributed by atoms with Crippen LogP contribution in [0.2, 0.25) is 0 Å². The van der Waals surface area contributed by atoms with E-state index in [1.807, 2.05) is 0 Å². The van der Waals surface area contributed by atoms with Gasteiger partial charge in [0.25, 0.3) is 0 Å². The molecule has 0 saturated carbocycles. The Morgan fingerprint density at radius 3 is 3.00 bits per heavy atom. The third-order valence-corrected chi connectivity index (χ3v) is 2.04. The van der Waals surface area contributed by atoms with Crippen LogP contribution in [0.25, 0.3) is 0 Å². The summed E-state index contributed by atoms with van der Waals surface area (Å²) in [6, 6.07) is 3.43. The molecule has 1 unspecified atom stereocenters. The molecule has 1 aromatic rings. The minimum Gasteiger partial charge on any atom is -0.468 e. The van der Waals surface area contributed by atoms with Crippen LogP contribution in [-0.2, 0) is 0 Å². The zero-order valence-corrected chi connectivity index (χ0v) is 7.04. The summed E-state index contributed by atoms with van der Waals surface area (Å²) in [5.41, 5.74) is -0.209. The molecule has 2 nitrogen and oxygen atoms in total. The van der Waals surface area contributed by atoms with E-state index in [4.69, 9.17) is 4.74 Å². The molecule has 64 valence electrons. The van der Waals surface area contributed by atoms with Crippen molar-refractivity contribution in [1.82, 2.24) is 4.98 Å². The summed E-state index contributed by atoms with van der Waals surface area (Å²) in [4.78, 5) is 3.94. The van der Waals surface area contributed by atoms with E-state index in [9.17, 15) is 4.39 Å². The van der Waals surface area contributed by atoms with Crippen LogP contribution in [-0.4, -0.2) is 10.6 Å². The number of halogens is 1. The van der Waals surface area contributed by atoms with Crippen molar-refractivity contribution in [3.63, 3.8) is 0 Å². The maximum absolute atomic E-state index is 13.5. The molecule has 0 radical (unpaired) electrons. The fourth-order valence-electron chi connectivity index (χ4n) is 1.36. The molecule has 0 fully saturated rings. The smallest absolute Gasteiger partial charge is 0.220 e. The third-order valence-electron chi connectivity index (χ3n) is 2.04. The Kier molecular flexibility index (Phi) is 1.37. The Morgan fingerprint density at radius 2 is 2.33 bits per heavy atom.